The van der Waals surface area contributed by atoms with E-state index in [1.807, 2.05) is 5.38 Å². The Bertz CT molecular complexity index is 747. The van der Waals surface area contributed by atoms with Crippen molar-refractivity contribution in [2.45, 2.75) is 13.1 Å². The number of ether oxygens (including phenoxy) is 1. The fourth-order valence-corrected chi connectivity index (χ4v) is 3.73. The Morgan fingerprint density at radius 2 is 2.08 bits per heavy atom. The summed E-state index contributed by atoms with van der Waals surface area (Å²) in [5.74, 6) is -0.110. The molecule has 1 aliphatic rings. The van der Waals surface area contributed by atoms with E-state index < -0.39 is 0 Å². The van der Waals surface area contributed by atoms with E-state index >= 15 is 0 Å². The number of thiazole rings is 1. The number of halogens is 2. The van der Waals surface area contributed by atoms with Gasteiger partial charge in [0.15, 0.2) is 0 Å². The summed E-state index contributed by atoms with van der Waals surface area (Å²) in [7, 11) is 1.76. The maximum Gasteiger partial charge on any atom is 0.254 e. The summed E-state index contributed by atoms with van der Waals surface area (Å²) < 4.78 is 5.36. The smallest absolute Gasteiger partial charge is 0.254 e. The topological polar surface area (TPSA) is 45.7 Å². The number of amides is 1. The molecule has 3 rings (SSSR count). The number of hydrogen-bond acceptors (Lipinski definition) is 5. The van der Waals surface area contributed by atoms with Crippen molar-refractivity contribution in [3.05, 3.63) is 49.9 Å². The summed E-state index contributed by atoms with van der Waals surface area (Å²) in [6.45, 7) is 4.71. The van der Waals surface area contributed by atoms with E-state index in [4.69, 9.17) is 27.9 Å². The van der Waals surface area contributed by atoms with Crippen molar-refractivity contribution < 1.29 is 9.53 Å². The average molecular weight is 400 g/mol. The molecule has 8 heteroatoms. The van der Waals surface area contributed by atoms with Gasteiger partial charge < -0.3 is 9.64 Å². The molecule has 1 aromatic heterocycles. The molecule has 0 saturated carbocycles. The van der Waals surface area contributed by atoms with Crippen LogP contribution < -0.4 is 0 Å². The predicted octanol–water partition coefficient (Wildman–Crippen LogP) is 3.55. The first kappa shape index (κ1) is 18.6. The summed E-state index contributed by atoms with van der Waals surface area (Å²) in [6.07, 6.45) is 0. The first-order valence-corrected chi connectivity index (χ1v) is 9.60. The van der Waals surface area contributed by atoms with Crippen molar-refractivity contribution >= 4 is 40.4 Å². The van der Waals surface area contributed by atoms with Crippen molar-refractivity contribution in [2.24, 2.45) is 0 Å². The molecule has 0 atom stereocenters. The van der Waals surface area contributed by atoms with Gasteiger partial charge in [0.05, 0.1) is 42.0 Å². The van der Waals surface area contributed by atoms with E-state index in [1.165, 1.54) is 0 Å². The molecule has 1 amide bonds. The van der Waals surface area contributed by atoms with Crippen molar-refractivity contribution in [1.29, 1.82) is 0 Å². The van der Waals surface area contributed by atoms with Crippen molar-refractivity contribution in [3.8, 4) is 0 Å². The van der Waals surface area contributed by atoms with Gasteiger partial charge in [-0.1, -0.05) is 23.2 Å². The van der Waals surface area contributed by atoms with Crippen LogP contribution in [0.2, 0.25) is 10.0 Å². The van der Waals surface area contributed by atoms with Gasteiger partial charge in [0, 0.05) is 31.1 Å². The number of morpholine rings is 1. The Balaban J connectivity index is 1.59. The zero-order valence-corrected chi connectivity index (χ0v) is 16.2. The molecule has 1 saturated heterocycles. The Labute approximate surface area is 161 Å². The molecular formula is C17H19Cl2N3O2S. The lowest BCUT2D eigenvalue weighted by Crippen LogP contribution is -2.35. The molecule has 25 heavy (non-hydrogen) atoms. The highest BCUT2D eigenvalue weighted by atomic mass is 35.5. The van der Waals surface area contributed by atoms with Crippen LogP contribution in [0.3, 0.4) is 0 Å². The highest BCUT2D eigenvalue weighted by Crippen LogP contribution is 2.23. The van der Waals surface area contributed by atoms with Crippen LogP contribution in [0.15, 0.2) is 23.6 Å². The zero-order valence-electron chi connectivity index (χ0n) is 13.9. The normalized spacial score (nSPS) is 15.3. The van der Waals surface area contributed by atoms with Crippen LogP contribution in [0.1, 0.15) is 21.1 Å². The maximum absolute atomic E-state index is 12.5. The van der Waals surface area contributed by atoms with Crippen LogP contribution in [0, 0.1) is 0 Å². The summed E-state index contributed by atoms with van der Waals surface area (Å²) in [4.78, 5) is 21.1. The maximum atomic E-state index is 12.5. The predicted molar refractivity (Wildman–Crippen MR) is 100 cm³/mol. The lowest BCUT2D eigenvalue weighted by molar-refractivity contribution is 0.0341. The molecule has 0 spiro atoms. The van der Waals surface area contributed by atoms with E-state index in [-0.39, 0.29) is 5.91 Å². The van der Waals surface area contributed by atoms with Crippen molar-refractivity contribution in [3.63, 3.8) is 0 Å². The molecule has 2 heterocycles. The minimum Gasteiger partial charge on any atom is -0.379 e. The second-order valence-corrected chi connectivity index (χ2v) is 7.67. The molecular weight excluding hydrogens is 381 g/mol. The van der Waals surface area contributed by atoms with E-state index in [1.54, 1.807) is 41.5 Å². The van der Waals surface area contributed by atoms with E-state index in [9.17, 15) is 4.79 Å². The van der Waals surface area contributed by atoms with E-state index in [2.05, 4.69) is 9.88 Å². The summed E-state index contributed by atoms with van der Waals surface area (Å²) >= 11 is 13.5. The molecule has 0 bridgehead atoms. The molecule has 0 radical (unpaired) electrons. The van der Waals surface area contributed by atoms with E-state index in [0.717, 1.165) is 43.5 Å². The number of hydrogen-bond donors (Lipinski definition) is 0. The number of nitrogens with zero attached hydrogens (tertiary/aromatic N) is 3. The number of aromatic nitrogens is 1. The lowest BCUT2D eigenvalue weighted by Gasteiger charge is -2.25. The third-order valence-corrected chi connectivity index (χ3v) is 5.60. The third kappa shape index (κ3) is 4.92. The fourth-order valence-electron chi connectivity index (χ4n) is 2.61. The number of benzene rings is 1. The van der Waals surface area contributed by atoms with Gasteiger partial charge in [-0.05, 0) is 18.2 Å². The van der Waals surface area contributed by atoms with Gasteiger partial charge >= 0.3 is 0 Å². The number of rotatable bonds is 5. The molecule has 0 aliphatic carbocycles. The van der Waals surface area contributed by atoms with Gasteiger partial charge in [0.25, 0.3) is 5.91 Å². The van der Waals surface area contributed by atoms with Gasteiger partial charge in [0.2, 0.25) is 0 Å². The molecule has 0 unspecified atom stereocenters. The number of carbonyl (C=O) groups excluding carboxylic acids is 1. The monoisotopic (exact) mass is 399 g/mol. The summed E-state index contributed by atoms with van der Waals surface area (Å²) in [5.41, 5.74) is 1.41. The Morgan fingerprint density at radius 3 is 2.80 bits per heavy atom. The highest BCUT2D eigenvalue weighted by molar-refractivity contribution is 7.09. The first-order valence-electron chi connectivity index (χ1n) is 7.97. The molecule has 1 aromatic carbocycles. The number of carbonyl (C=O) groups is 1. The Kier molecular flexibility index (Phi) is 6.30. The standard InChI is InChI=1S/C17H19Cl2N3O2S/c1-21(17(23)12-2-3-14(18)15(19)8-12)9-13-11-25-16(20-13)10-22-4-6-24-7-5-22/h2-3,8,11H,4-7,9-10H2,1H3. The van der Waals surface area contributed by atoms with Crippen LogP contribution in [-0.4, -0.2) is 54.0 Å². The van der Waals surface area contributed by atoms with E-state index in [0.29, 0.717) is 22.2 Å². The average Bonchev–Trinajstić information content (AvgIpc) is 3.04. The largest absolute Gasteiger partial charge is 0.379 e. The first-order chi connectivity index (χ1) is 12.0. The van der Waals surface area contributed by atoms with Gasteiger partial charge in [0.1, 0.15) is 5.01 Å². The van der Waals surface area contributed by atoms with Crippen molar-refractivity contribution in [2.75, 3.05) is 33.4 Å². The molecule has 5 nitrogen and oxygen atoms in total. The third-order valence-electron chi connectivity index (χ3n) is 3.97. The minimum atomic E-state index is -0.110. The quantitative estimate of drug-likeness (QED) is 0.770. The molecule has 0 N–H and O–H groups in total. The molecule has 1 aliphatic heterocycles. The SMILES string of the molecule is CN(Cc1csc(CN2CCOCC2)n1)C(=O)c1ccc(Cl)c(Cl)c1. The highest BCUT2D eigenvalue weighted by Gasteiger charge is 2.16. The lowest BCUT2D eigenvalue weighted by atomic mass is 10.2. The molecule has 2 aromatic rings. The second kappa shape index (κ2) is 8.47. The minimum absolute atomic E-state index is 0.110. The van der Waals surface area contributed by atoms with Gasteiger partial charge in [-0.2, -0.15) is 0 Å². The van der Waals surface area contributed by atoms with Gasteiger partial charge in [-0.15, -0.1) is 11.3 Å². The van der Waals surface area contributed by atoms with Crippen LogP contribution >= 0.6 is 34.5 Å². The van der Waals surface area contributed by atoms with Crippen LogP contribution in [0.4, 0.5) is 0 Å². The fraction of sp³-hybridized carbons (Fsp3) is 0.412. The van der Waals surface area contributed by atoms with Crippen LogP contribution in [-0.2, 0) is 17.8 Å². The summed E-state index contributed by atoms with van der Waals surface area (Å²) in [6, 6.07) is 4.90. The van der Waals surface area contributed by atoms with Gasteiger partial charge in [-0.3, -0.25) is 9.69 Å². The van der Waals surface area contributed by atoms with Crippen LogP contribution in [0.5, 0.6) is 0 Å². The Hall–Kier alpha value is -1.18. The van der Waals surface area contributed by atoms with Crippen molar-refractivity contribution in [1.82, 2.24) is 14.8 Å². The zero-order chi connectivity index (χ0) is 17.8. The second-order valence-electron chi connectivity index (χ2n) is 5.91. The molecule has 134 valence electrons. The van der Waals surface area contributed by atoms with Gasteiger partial charge in [-0.25, -0.2) is 4.98 Å². The molecule has 1 fully saturated rings. The van der Waals surface area contributed by atoms with Crippen LogP contribution in [0.25, 0.3) is 0 Å². The Morgan fingerprint density at radius 1 is 1.32 bits per heavy atom. The summed E-state index contributed by atoms with van der Waals surface area (Å²) in [5, 5.41) is 3.89.